The van der Waals surface area contributed by atoms with Crippen LogP contribution < -0.4 is 5.32 Å². The minimum Gasteiger partial charge on any atom is -0.314 e. The fourth-order valence-electron chi connectivity index (χ4n) is 2.75. The Bertz CT molecular complexity index is 898. The molecule has 0 aromatic carbocycles. The third-order valence-corrected chi connectivity index (χ3v) is 5.28. The van der Waals surface area contributed by atoms with E-state index in [2.05, 4.69) is 24.8 Å². The predicted molar refractivity (Wildman–Crippen MR) is 95.8 cm³/mol. The van der Waals surface area contributed by atoms with Gasteiger partial charge in [0.25, 0.3) is 0 Å². The molecule has 1 aliphatic carbocycles. The summed E-state index contributed by atoms with van der Waals surface area (Å²) in [6.07, 6.45) is 7.39. The fourth-order valence-corrected chi connectivity index (χ4v) is 3.41. The minimum absolute atomic E-state index is 0.194. The van der Waals surface area contributed by atoms with Crippen molar-refractivity contribution in [3.05, 3.63) is 35.9 Å². The van der Waals surface area contributed by atoms with E-state index in [0.717, 1.165) is 40.4 Å². The number of aryl methyl sites for hydroxylation is 2. The van der Waals surface area contributed by atoms with Crippen LogP contribution >= 0.6 is 11.5 Å². The molecule has 4 rings (SSSR count). The molecule has 0 radical (unpaired) electrons. The maximum Gasteiger partial charge on any atom is 0.228 e. The van der Waals surface area contributed by atoms with Crippen molar-refractivity contribution in [3.63, 3.8) is 0 Å². The second kappa shape index (κ2) is 6.18. The van der Waals surface area contributed by atoms with Crippen LogP contribution in [0, 0.1) is 19.3 Å². The molecule has 3 aromatic rings. The average molecular weight is 358 g/mol. The van der Waals surface area contributed by atoms with Gasteiger partial charge in [0.2, 0.25) is 5.95 Å². The van der Waals surface area contributed by atoms with Gasteiger partial charge in [0, 0.05) is 29.9 Å². The van der Waals surface area contributed by atoms with Crippen molar-refractivity contribution in [2.45, 2.75) is 33.2 Å². The molecule has 0 bridgehead atoms. The Kier molecular flexibility index (Phi) is 3.99. The standard InChI is InChI=1S/C17H19FN6S/c1-11-6-19-16(21-14-5-12(2)23-25-14)22-15(11)13-7-20-24(8-13)10-17(9-18)3-4-17/h5-8H,3-4,9-10H2,1-2H3,(H,19,21,22). The van der Waals surface area contributed by atoms with E-state index >= 15 is 0 Å². The van der Waals surface area contributed by atoms with E-state index in [1.807, 2.05) is 30.8 Å². The Morgan fingerprint density at radius 1 is 1.32 bits per heavy atom. The summed E-state index contributed by atoms with van der Waals surface area (Å²) in [5, 5.41) is 8.47. The number of halogens is 1. The molecular weight excluding hydrogens is 339 g/mol. The molecule has 130 valence electrons. The number of hydrogen-bond donors (Lipinski definition) is 1. The monoisotopic (exact) mass is 358 g/mol. The zero-order valence-electron chi connectivity index (χ0n) is 14.2. The SMILES string of the molecule is Cc1cc(Nc2ncc(C)c(-c3cnn(CC4(CF)CC4)c3)n2)sn1. The molecule has 1 saturated carbocycles. The summed E-state index contributed by atoms with van der Waals surface area (Å²) in [4.78, 5) is 8.96. The van der Waals surface area contributed by atoms with Gasteiger partial charge in [-0.2, -0.15) is 9.47 Å². The number of nitrogens with zero attached hydrogens (tertiary/aromatic N) is 5. The van der Waals surface area contributed by atoms with Crippen LogP contribution in [0.3, 0.4) is 0 Å². The van der Waals surface area contributed by atoms with Crippen molar-refractivity contribution in [2.24, 2.45) is 5.41 Å². The van der Waals surface area contributed by atoms with E-state index < -0.39 is 0 Å². The first kappa shape index (κ1) is 16.1. The van der Waals surface area contributed by atoms with Gasteiger partial charge in [-0.25, -0.2) is 9.97 Å². The normalized spacial score (nSPS) is 15.3. The molecule has 0 unspecified atom stereocenters. The second-order valence-electron chi connectivity index (χ2n) is 6.74. The zero-order chi connectivity index (χ0) is 17.4. The highest BCUT2D eigenvalue weighted by Crippen LogP contribution is 2.47. The number of aromatic nitrogens is 5. The topological polar surface area (TPSA) is 68.5 Å². The Morgan fingerprint density at radius 3 is 2.84 bits per heavy atom. The molecule has 0 amide bonds. The highest BCUT2D eigenvalue weighted by atomic mass is 32.1. The van der Waals surface area contributed by atoms with Crippen LogP contribution in [0.2, 0.25) is 0 Å². The van der Waals surface area contributed by atoms with Gasteiger partial charge in [-0.1, -0.05) is 0 Å². The van der Waals surface area contributed by atoms with Gasteiger partial charge in [-0.05, 0) is 49.9 Å². The van der Waals surface area contributed by atoms with Gasteiger partial charge in [0.05, 0.1) is 24.3 Å². The highest BCUT2D eigenvalue weighted by molar-refractivity contribution is 7.10. The summed E-state index contributed by atoms with van der Waals surface area (Å²) in [6, 6.07) is 1.96. The Morgan fingerprint density at radius 2 is 2.16 bits per heavy atom. The van der Waals surface area contributed by atoms with E-state index in [-0.39, 0.29) is 12.1 Å². The predicted octanol–water partition coefficient (Wildman–Crippen LogP) is 3.91. The largest absolute Gasteiger partial charge is 0.314 e. The summed E-state index contributed by atoms with van der Waals surface area (Å²) in [5.41, 5.74) is 3.48. The second-order valence-corrected chi connectivity index (χ2v) is 7.55. The molecule has 25 heavy (non-hydrogen) atoms. The van der Waals surface area contributed by atoms with Crippen molar-refractivity contribution in [1.29, 1.82) is 0 Å². The number of nitrogens with one attached hydrogen (secondary N) is 1. The Hall–Kier alpha value is -2.35. The average Bonchev–Trinajstić information content (AvgIpc) is 3.01. The Labute approximate surface area is 149 Å². The van der Waals surface area contributed by atoms with Crippen molar-refractivity contribution in [3.8, 4) is 11.3 Å². The van der Waals surface area contributed by atoms with Gasteiger partial charge in [-0.3, -0.25) is 9.07 Å². The van der Waals surface area contributed by atoms with Crippen LogP contribution in [0.5, 0.6) is 0 Å². The van der Waals surface area contributed by atoms with Crippen LogP contribution in [0.15, 0.2) is 24.7 Å². The molecule has 6 nitrogen and oxygen atoms in total. The zero-order valence-corrected chi connectivity index (χ0v) is 15.0. The third-order valence-electron chi connectivity index (χ3n) is 4.48. The molecule has 1 fully saturated rings. The first-order valence-electron chi connectivity index (χ1n) is 8.20. The van der Waals surface area contributed by atoms with E-state index in [9.17, 15) is 4.39 Å². The quantitative estimate of drug-likeness (QED) is 0.724. The molecule has 0 saturated heterocycles. The van der Waals surface area contributed by atoms with Gasteiger partial charge in [-0.15, -0.1) is 0 Å². The lowest BCUT2D eigenvalue weighted by atomic mass is 10.1. The maximum atomic E-state index is 13.1. The van der Waals surface area contributed by atoms with Crippen LogP contribution in [-0.4, -0.2) is 30.8 Å². The third kappa shape index (κ3) is 3.39. The first-order chi connectivity index (χ1) is 12.1. The molecule has 3 heterocycles. The summed E-state index contributed by atoms with van der Waals surface area (Å²) >= 11 is 1.38. The number of rotatable bonds is 6. The van der Waals surface area contributed by atoms with E-state index in [1.54, 1.807) is 12.4 Å². The summed E-state index contributed by atoms with van der Waals surface area (Å²) in [7, 11) is 0. The fraction of sp³-hybridized carbons (Fsp3) is 0.412. The van der Waals surface area contributed by atoms with Crippen LogP contribution in [0.4, 0.5) is 15.3 Å². The Balaban J connectivity index is 1.57. The molecular formula is C17H19FN6S. The van der Waals surface area contributed by atoms with E-state index in [4.69, 9.17) is 0 Å². The number of anilines is 2. The summed E-state index contributed by atoms with van der Waals surface area (Å²) in [6.45, 7) is 4.26. The lowest BCUT2D eigenvalue weighted by Crippen LogP contribution is -2.13. The van der Waals surface area contributed by atoms with Crippen LogP contribution in [-0.2, 0) is 6.54 Å². The number of hydrogen-bond acceptors (Lipinski definition) is 6. The smallest absolute Gasteiger partial charge is 0.228 e. The van der Waals surface area contributed by atoms with Gasteiger partial charge >= 0.3 is 0 Å². The molecule has 0 spiro atoms. The molecule has 1 aliphatic rings. The lowest BCUT2D eigenvalue weighted by molar-refractivity contribution is 0.294. The van der Waals surface area contributed by atoms with Gasteiger partial charge in [0.15, 0.2) is 0 Å². The minimum atomic E-state index is -0.281. The van der Waals surface area contributed by atoms with Crippen molar-refractivity contribution in [2.75, 3.05) is 12.0 Å². The lowest BCUT2D eigenvalue weighted by Gasteiger charge is -2.09. The van der Waals surface area contributed by atoms with Crippen molar-refractivity contribution in [1.82, 2.24) is 24.1 Å². The highest BCUT2D eigenvalue weighted by Gasteiger charge is 2.43. The van der Waals surface area contributed by atoms with E-state index in [1.165, 1.54) is 11.5 Å². The van der Waals surface area contributed by atoms with E-state index in [0.29, 0.717) is 12.5 Å². The number of alkyl halides is 1. The van der Waals surface area contributed by atoms with Crippen LogP contribution in [0.25, 0.3) is 11.3 Å². The van der Waals surface area contributed by atoms with Crippen molar-refractivity contribution < 1.29 is 4.39 Å². The maximum absolute atomic E-state index is 13.1. The molecule has 3 aromatic heterocycles. The molecule has 8 heteroatoms. The van der Waals surface area contributed by atoms with Gasteiger partial charge < -0.3 is 5.32 Å². The molecule has 0 aliphatic heterocycles. The summed E-state index contributed by atoms with van der Waals surface area (Å²) < 4.78 is 19.2. The van der Waals surface area contributed by atoms with Crippen molar-refractivity contribution >= 4 is 22.5 Å². The van der Waals surface area contributed by atoms with Crippen LogP contribution in [0.1, 0.15) is 24.1 Å². The molecule has 0 atom stereocenters. The first-order valence-corrected chi connectivity index (χ1v) is 8.97. The molecule has 1 N–H and O–H groups in total. The summed E-state index contributed by atoms with van der Waals surface area (Å²) in [5.74, 6) is 0.527. The van der Waals surface area contributed by atoms with Gasteiger partial charge in [0.1, 0.15) is 5.00 Å².